The molecule has 1 aromatic rings. The zero-order chi connectivity index (χ0) is 18.0. The molecule has 0 N–H and O–H groups in total. The van der Waals surface area contributed by atoms with Crippen molar-refractivity contribution in [2.45, 2.75) is 63.8 Å². The molecule has 1 heterocycles. The lowest BCUT2D eigenvalue weighted by atomic mass is 9.76. The number of aryl methyl sites for hydroxylation is 1. The van der Waals surface area contributed by atoms with Crippen molar-refractivity contribution in [3.63, 3.8) is 0 Å². The van der Waals surface area contributed by atoms with Crippen LogP contribution in [0.15, 0.2) is 24.3 Å². The minimum absolute atomic E-state index is 0.108. The van der Waals surface area contributed by atoms with Crippen LogP contribution in [0.5, 0.6) is 0 Å². The van der Waals surface area contributed by atoms with Gasteiger partial charge in [-0.15, -0.1) is 0 Å². The van der Waals surface area contributed by atoms with Gasteiger partial charge in [0.25, 0.3) is 0 Å². The van der Waals surface area contributed by atoms with Crippen molar-refractivity contribution >= 4 is 11.8 Å². The van der Waals surface area contributed by atoms with E-state index in [9.17, 15) is 9.59 Å². The first-order valence-corrected chi connectivity index (χ1v) is 9.54. The quantitative estimate of drug-likeness (QED) is 0.846. The standard InChI is InChI=1S/C21H30N2O2/c1-16-7-6-8-18(15-16)21(11-4-5-12-21)20(25)23-13-9-19(10-14-23)22(3)17(2)24/h6-8,15,19H,4-5,9-14H2,1-3H3. The molecule has 4 nitrogen and oxygen atoms in total. The number of carbonyl (C=O) groups excluding carboxylic acids is 2. The molecule has 0 aromatic heterocycles. The zero-order valence-corrected chi connectivity index (χ0v) is 15.8. The lowest BCUT2D eigenvalue weighted by molar-refractivity contribution is -0.139. The molecule has 2 aliphatic rings. The van der Waals surface area contributed by atoms with E-state index >= 15 is 0 Å². The number of rotatable bonds is 3. The summed E-state index contributed by atoms with van der Waals surface area (Å²) in [5.74, 6) is 0.413. The Bertz CT molecular complexity index is 641. The molecule has 3 rings (SSSR count). The van der Waals surface area contributed by atoms with Crippen LogP contribution in [0.25, 0.3) is 0 Å². The smallest absolute Gasteiger partial charge is 0.233 e. The molecule has 0 atom stereocenters. The van der Waals surface area contributed by atoms with Crippen LogP contribution in [0, 0.1) is 6.92 Å². The lowest BCUT2D eigenvalue weighted by Gasteiger charge is -2.40. The molecule has 0 unspecified atom stereocenters. The summed E-state index contributed by atoms with van der Waals surface area (Å²) in [6.45, 7) is 5.23. The highest BCUT2D eigenvalue weighted by Gasteiger charge is 2.45. The number of amides is 2. The maximum atomic E-state index is 13.5. The van der Waals surface area contributed by atoms with Gasteiger partial charge in [0.1, 0.15) is 0 Å². The van der Waals surface area contributed by atoms with Gasteiger partial charge in [-0.05, 0) is 38.2 Å². The molecular formula is C21H30N2O2. The Morgan fingerprint density at radius 1 is 1.16 bits per heavy atom. The molecule has 2 amide bonds. The van der Waals surface area contributed by atoms with Gasteiger partial charge in [-0.1, -0.05) is 42.7 Å². The minimum atomic E-state index is -0.328. The summed E-state index contributed by atoms with van der Waals surface area (Å²) in [5.41, 5.74) is 2.09. The SMILES string of the molecule is CC(=O)N(C)C1CCN(C(=O)C2(c3cccc(C)c3)CCCC2)CC1. The summed E-state index contributed by atoms with van der Waals surface area (Å²) in [6, 6.07) is 8.76. The molecule has 25 heavy (non-hydrogen) atoms. The fourth-order valence-corrected chi connectivity index (χ4v) is 4.56. The highest BCUT2D eigenvalue weighted by molar-refractivity contribution is 5.89. The highest BCUT2D eigenvalue weighted by Crippen LogP contribution is 2.43. The van der Waals surface area contributed by atoms with Gasteiger partial charge in [-0.3, -0.25) is 9.59 Å². The molecule has 0 bridgehead atoms. The summed E-state index contributed by atoms with van der Waals surface area (Å²) in [6.07, 6.45) is 5.94. The van der Waals surface area contributed by atoms with E-state index in [-0.39, 0.29) is 17.4 Å². The Hall–Kier alpha value is -1.84. The van der Waals surface area contributed by atoms with Gasteiger partial charge in [0.2, 0.25) is 11.8 Å². The van der Waals surface area contributed by atoms with E-state index < -0.39 is 0 Å². The maximum absolute atomic E-state index is 13.5. The third-order valence-corrected chi connectivity index (χ3v) is 6.23. The number of hydrogen-bond donors (Lipinski definition) is 0. The van der Waals surface area contributed by atoms with E-state index in [0.29, 0.717) is 5.91 Å². The number of likely N-dealkylation sites (tertiary alicyclic amines) is 1. The van der Waals surface area contributed by atoms with Crippen LogP contribution in [0.1, 0.15) is 56.6 Å². The molecule has 2 fully saturated rings. The van der Waals surface area contributed by atoms with Gasteiger partial charge in [0.15, 0.2) is 0 Å². The van der Waals surface area contributed by atoms with Crippen LogP contribution < -0.4 is 0 Å². The molecule has 4 heteroatoms. The average Bonchev–Trinajstić information content (AvgIpc) is 3.11. The molecule has 1 saturated heterocycles. The third kappa shape index (κ3) is 3.44. The van der Waals surface area contributed by atoms with Gasteiger partial charge < -0.3 is 9.80 Å². The maximum Gasteiger partial charge on any atom is 0.233 e. The van der Waals surface area contributed by atoms with Crippen molar-refractivity contribution in [2.75, 3.05) is 20.1 Å². The largest absolute Gasteiger partial charge is 0.343 e. The molecule has 136 valence electrons. The molecule has 0 radical (unpaired) electrons. The Morgan fingerprint density at radius 2 is 1.80 bits per heavy atom. The van der Waals surface area contributed by atoms with E-state index in [2.05, 4.69) is 36.1 Å². The lowest BCUT2D eigenvalue weighted by Crippen LogP contribution is -2.52. The summed E-state index contributed by atoms with van der Waals surface area (Å²) in [4.78, 5) is 29.0. The number of nitrogens with zero attached hydrogens (tertiary/aromatic N) is 2. The Morgan fingerprint density at radius 3 is 2.36 bits per heavy atom. The first-order valence-electron chi connectivity index (χ1n) is 9.54. The highest BCUT2D eigenvalue weighted by atomic mass is 16.2. The second kappa shape index (κ2) is 7.19. The summed E-state index contributed by atoms with van der Waals surface area (Å²) in [5, 5.41) is 0. The van der Waals surface area contributed by atoms with Crippen LogP contribution in [0.4, 0.5) is 0 Å². The first-order chi connectivity index (χ1) is 11.9. The van der Waals surface area contributed by atoms with Crippen LogP contribution >= 0.6 is 0 Å². The fraction of sp³-hybridized carbons (Fsp3) is 0.619. The van der Waals surface area contributed by atoms with Crippen LogP contribution in [-0.2, 0) is 15.0 Å². The van der Waals surface area contributed by atoms with Crippen molar-refractivity contribution < 1.29 is 9.59 Å². The summed E-state index contributed by atoms with van der Waals surface area (Å²) >= 11 is 0. The van der Waals surface area contributed by atoms with Crippen molar-refractivity contribution in [1.29, 1.82) is 0 Å². The molecule has 0 spiro atoms. The average molecular weight is 342 g/mol. The van der Waals surface area contributed by atoms with E-state index in [1.54, 1.807) is 6.92 Å². The van der Waals surface area contributed by atoms with Crippen molar-refractivity contribution in [1.82, 2.24) is 9.80 Å². The molecular weight excluding hydrogens is 312 g/mol. The predicted molar refractivity (Wildman–Crippen MR) is 99.4 cm³/mol. The zero-order valence-electron chi connectivity index (χ0n) is 15.8. The Kier molecular flexibility index (Phi) is 5.16. The molecule has 1 aliphatic carbocycles. The normalized spacial score (nSPS) is 20.5. The molecule has 1 saturated carbocycles. The van der Waals surface area contributed by atoms with E-state index in [1.807, 2.05) is 11.9 Å². The van der Waals surface area contributed by atoms with Crippen molar-refractivity contribution in [2.24, 2.45) is 0 Å². The molecule has 1 aromatic carbocycles. The predicted octanol–water partition coefficient (Wildman–Crippen LogP) is 3.28. The van der Waals surface area contributed by atoms with Crippen LogP contribution in [0.3, 0.4) is 0 Å². The minimum Gasteiger partial charge on any atom is -0.343 e. The monoisotopic (exact) mass is 342 g/mol. The Labute approximate surface area is 151 Å². The summed E-state index contributed by atoms with van der Waals surface area (Å²) < 4.78 is 0. The van der Waals surface area contributed by atoms with Crippen molar-refractivity contribution in [3.8, 4) is 0 Å². The number of carbonyl (C=O) groups is 2. The number of hydrogen-bond acceptors (Lipinski definition) is 2. The van der Waals surface area contributed by atoms with E-state index in [1.165, 1.54) is 11.1 Å². The second-order valence-electron chi connectivity index (χ2n) is 7.81. The van der Waals surface area contributed by atoms with Gasteiger partial charge >= 0.3 is 0 Å². The second-order valence-corrected chi connectivity index (χ2v) is 7.81. The van der Waals surface area contributed by atoms with Gasteiger partial charge in [0.05, 0.1) is 5.41 Å². The van der Waals surface area contributed by atoms with Crippen LogP contribution in [0.2, 0.25) is 0 Å². The van der Waals surface area contributed by atoms with Crippen molar-refractivity contribution in [3.05, 3.63) is 35.4 Å². The molecule has 1 aliphatic heterocycles. The summed E-state index contributed by atoms with van der Waals surface area (Å²) in [7, 11) is 1.87. The number of benzene rings is 1. The van der Waals surface area contributed by atoms with E-state index in [4.69, 9.17) is 0 Å². The van der Waals surface area contributed by atoms with Gasteiger partial charge in [-0.2, -0.15) is 0 Å². The van der Waals surface area contributed by atoms with E-state index in [0.717, 1.165) is 51.6 Å². The first kappa shape index (κ1) is 18.0. The fourth-order valence-electron chi connectivity index (χ4n) is 4.56. The number of piperidine rings is 1. The van der Waals surface area contributed by atoms with Crippen LogP contribution in [-0.4, -0.2) is 47.8 Å². The topological polar surface area (TPSA) is 40.6 Å². The third-order valence-electron chi connectivity index (χ3n) is 6.23. The van der Waals surface area contributed by atoms with Gasteiger partial charge in [0, 0.05) is 33.1 Å². The van der Waals surface area contributed by atoms with Gasteiger partial charge in [-0.25, -0.2) is 0 Å². The Balaban J connectivity index is 1.76.